The fourth-order valence-corrected chi connectivity index (χ4v) is 2.32. The van der Waals surface area contributed by atoms with Gasteiger partial charge in [0.25, 0.3) is 0 Å². The number of nitrogens with zero attached hydrogens (tertiary/aromatic N) is 4. The predicted molar refractivity (Wildman–Crippen MR) is 70.3 cm³/mol. The lowest BCUT2D eigenvalue weighted by Gasteiger charge is -2.35. The van der Waals surface area contributed by atoms with Crippen LogP contribution in [0.5, 0.6) is 0 Å². The normalized spacial score (nSPS) is 17.8. The molecular formula is C13H22N4. The SMILES string of the molecule is CCc1ccc(N2CCC(N(C)C)CC2)nn1. The third-order valence-corrected chi connectivity index (χ3v) is 3.59. The van der Waals surface area contributed by atoms with E-state index in [1.54, 1.807) is 0 Å². The average molecular weight is 234 g/mol. The van der Waals surface area contributed by atoms with Gasteiger partial charge in [-0.3, -0.25) is 0 Å². The van der Waals surface area contributed by atoms with Crippen LogP contribution in [0.3, 0.4) is 0 Å². The van der Waals surface area contributed by atoms with Crippen LogP contribution in [0.4, 0.5) is 5.82 Å². The van der Waals surface area contributed by atoms with Crippen LogP contribution in [0.1, 0.15) is 25.5 Å². The summed E-state index contributed by atoms with van der Waals surface area (Å²) in [5.41, 5.74) is 1.07. The molecule has 2 heterocycles. The van der Waals surface area contributed by atoms with Crippen LogP contribution >= 0.6 is 0 Å². The van der Waals surface area contributed by atoms with Crippen molar-refractivity contribution in [3.8, 4) is 0 Å². The molecule has 1 fully saturated rings. The Bertz CT molecular complexity index is 339. The first kappa shape index (κ1) is 12.3. The summed E-state index contributed by atoms with van der Waals surface area (Å²) in [4.78, 5) is 4.66. The molecule has 0 radical (unpaired) electrons. The minimum atomic E-state index is 0.717. The highest BCUT2D eigenvalue weighted by Gasteiger charge is 2.21. The molecule has 4 nitrogen and oxygen atoms in total. The summed E-state index contributed by atoms with van der Waals surface area (Å²) in [6, 6.07) is 4.90. The van der Waals surface area contributed by atoms with Gasteiger partial charge in [-0.15, -0.1) is 5.10 Å². The van der Waals surface area contributed by atoms with Crippen molar-refractivity contribution in [2.75, 3.05) is 32.1 Å². The number of anilines is 1. The van der Waals surface area contributed by atoms with Gasteiger partial charge in [-0.1, -0.05) is 6.92 Å². The second-order valence-electron chi connectivity index (χ2n) is 4.92. The van der Waals surface area contributed by atoms with E-state index in [9.17, 15) is 0 Å². The first-order valence-electron chi connectivity index (χ1n) is 6.44. The zero-order valence-electron chi connectivity index (χ0n) is 11.1. The van der Waals surface area contributed by atoms with Gasteiger partial charge in [0.05, 0.1) is 5.69 Å². The van der Waals surface area contributed by atoms with E-state index in [1.807, 2.05) is 0 Å². The fraction of sp³-hybridized carbons (Fsp3) is 0.692. The summed E-state index contributed by atoms with van der Waals surface area (Å²) >= 11 is 0. The van der Waals surface area contributed by atoms with Crippen molar-refractivity contribution in [3.05, 3.63) is 17.8 Å². The molecule has 1 aliphatic heterocycles. The van der Waals surface area contributed by atoms with E-state index in [4.69, 9.17) is 0 Å². The molecule has 0 N–H and O–H groups in total. The average Bonchev–Trinajstić information content (AvgIpc) is 2.39. The topological polar surface area (TPSA) is 32.3 Å². The highest BCUT2D eigenvalue weighted by molar-refractivity contribution is 5.37. The molecule has 17 heavy (non-hydrogen) atoms. The smallest absolute Gasteiger partial charge is 0.151 e. The molecule has 0 aromatic carbocycles. The van der Waals surface area contributed by atoms with Gasteiger partial charge in [-0.05, 0) is 45.5 Å². The van der Waals surface area contributed by atoms with Crippen LogP contribution in [0.15, 0.2) is 12.1 Å². The molecule has 0 unspecified atom stereocenters. The Labute approximate surface area is 104 Å². The predicted octanol–water partition coefficient (Wildman–Crippen LogP) is 1.57. The lowest BCUT2D eigenvalue weighted by molar-refractivity contribution is 0.249. The van der Waals surface area contributed by atoms with Crippen LogP contribution in [0.2, 0.25) is 0 Å². The van der Waals surface area contributed by atoms with Crippen LogP contribution in [-0.2, 0) is 6.42 Å². The second-order valence-corrected chi connectivity index (χ2v) is 4.92. The molecule has 1 aromatic heterocycles. The Hall–Kier alpha value is -1.16. The Morgan fingerprint density at radius 1 is 1.24 bits per heavy atom. The molecule has 0 saturated carbocycles. The van der Waals surface area contributed by atoms with E-state index >= 15 is 0 Å². The van der Waals surface area contributed by atoms with Crippen molar-refractivity contribution in [1.29, 1.82) is 0 Å². The molecule has 0 atom stereocenters. The Morgan fingerprint density at radius 2 is 1.94 bits per heavy atom. The Morgan fingerprint density at radius 3 is 2.41 bits per heavy atom. The van der Waals surface area contributed by atoms with Gasteiger partial charge < -0.3 is 9.80 Å². The summed E-state index contributed by atoms with van der Waals surface area (Å²) in [5.74, 6) is 1.03. The first-order chi connectivity index (χ1) is 8.20. The van der Waals surface area contributed by atoms with Crippen LogP contribution in [0.25, 0.3) is 0 Å². The molecule has 0 amide bonds. The summed E-state index contributed by atoms with van der Waals surface area (Å²) in [5, 5.41) is 8.53. The minimum Gasteiger partial charge on any atom is -0.355 e. The number of piperidine rings is 1. The lowest BCUT2D eigenvalue weighted by Crippen LogP contribution is -2.42. The highest BCUT2D eigenvalue weighted by Crippen LogP contribution is 2.19. The molecular weight excluding hydrogens is 212 g/mol. The molecule has 0 spiro atoms. The molecule has 1 aliphatic rings. The third-order valence-electron chi connectivity index (χ3n) is 3.59. The molecule has 1 saturated heterocycles. The van der Waals surface area contributed by atoms with Crippen molar-refractivity contribution in [2.24, 2.45) is 0 Å². The molecule has 1 aromatic rings. The van der Waals surface area contributed by atoms with Gasteiger partial charge in [0.1, 0.15) is 0 Å². The molecule has 94 valence electrons. The van der Waals surface area contributed by atoms with Gasteiger partial charge in [0, 0.05) is 19.1 Å². The van der Waals surface area contributed by atoms with Crippen LogP contribution in [0, 0.1) is 0 Å². The van der Waals surface area contributed by atoms with Crippen molar-refractivity contribution < 1.29 is 0 Å². The lowest BCUT2D eigenvalue weighted by atomic mass is 10.0. The number of rotatable bonds is 3. The van der Waals surface area contributed by atoms with Crippen molar-refractivity contribution in [3.63, 3.8) is 0 Å². The molecule has 2 rings (SSSR count). The van der Waals surface area contributed by atoms with Crippen LogP contribution < -0.4 is 4.90 Å². The van der Waals surface area contributed by atoms with Crippen molar-refractivity contribution >= 4 is 5.82 Å². The maximum absolute atomic E-state index is 4.31. The maximum Gasteiger partial charge on any atom is 0.151 e. The van der Waals surface area contributed by atoms with Crippen molar-refractivity contribution in [1.82, 2.24) is 15.1 Å². The highest BCUT2D eigenvalue weighted by atomic mass is 15.3. The summed E-state index contributed by atoms with van der Waals surface area (Å²) < 4.78 is 0. The van der Waals surface area contributed by atoms with E-state index in [-0.39, 0.29) is 0 Å². The fourth-order valence-electron chi connectivity index (χ4n) is 2.32. The van der Waals surface area contributed by atoms with Crippen LogP contribution in [-0.4, -0.2) is 48.3 Å². The van der Waals surface area contributed by atoms with Crippen molar-refractivity contribution in [2.45, 2.75) is 32.2 Å². The second kappa shape index (κ2) is 5.45. The quantitative estimate of drug-likeness (QED) is 0.794. The monoisotopic (exact) mass is 234 g/mol. The van der Waals surface area contributed by atoms with Gasteiger partial charge >= 0.3 is 0 Å². The zero-order valence-corrected chi connectivity index (χ0v) is 11.1. The van der Waals surface area contributed by atoms with E-state index < -0.39 is 0 Å². The largest absolute Gasteiger partial charge is 0.355 e. The Balaban J connectivity index is 1.95. The number of hydrogen-bond donors (Lipinski definition) is 0. The maximum atomic E-state index is 4.31. The van der Waals surface area contributed by atoms with E-state index in [0.29, 0.717) is 6.04 Å². The van der Waals surface area contributed by atoms with Gasteiger partial charge in [0.15, 0.2) is 5.82 Å². The van der Waals surface area contributed by atoms with Gasteiger partial charge in [-0.2, -0.15) is 5.10 Å². The Kier molecular flexibility index (Phi) is 3.94. The summed E-state index contributed by atoms with van der Waals surface area (Å²) in [6.45, 7) is 4.28. The third kappa shape index (κ3) is 2.94. The molecule has 4 heteroatoms. The van der Waals surface area contributed by atoms with Gasteiger partial charge in [-0.25, -0.2) is 0 Å². The van der Waals surface area contributed by atoms with Gasteiger partial charge in [0.2, 0.25) is 0 Å². The summed E-state index contributed by atoms with van der Waals surface area (Å²) in [7, 11) is 4.33. The number of hydrogen-bond acceptors (Lipinski definition) is 4. The minimum absolute atomic E-state index is 0.717. The summed E-state index contributed by atoms with van der Waals surface area (Å²) in [6.07, 6.45) is 3.38. The standard InChI is InChI=1S/C13H22N4/c1-4-11-5-6-13(15-14-11)17-9-7-12(8-10-17)16(2)3/h5-6,12H,4,7-10H2,1-3H3. The van der Waals surface area contributed by atoms with E-state index in [0.717, 1.165) is 31.0 Å². The molecule has 0 aliphatic carbocycles. The van der Waals surface area contributed by atoms with E-state index in [2.05, 4.69) is 53.1 Å². The molecule has 0 bridgehead atoms. The number of aryl methyl sites for hydroxylation is 1. The van der Waals surface area contributed by atoms with E-state index in [1.165, 1.54) is 12.8 Å². The first-order valence-corrected chi connectivity index (χ1v) is 6.44. The zero-order chi connectivity index (χ0) is 12.3. The number of aromatic nitrogens is 2.